The third-order valence-electron chi connectivity index (χ3n) is 5.20. The highest BCUT2D eigenvalue weighted by atomic mass is 32.1. The van der Waals surface area contributed by atoms with Gasteiger partial charge < -0.3 is 4.74 Å². The lowest BCUT2D eigenvalue weighted by Crippen LogP contribution is -2.03. The largest absolute Gasteiger partial charge is 0.466 e. The summed E-state index contributed by atoms with van der Waals surface area (Å²) in [6.45, 7) is 5.78. The maximum absolute atomic E-state index is 13.1. The number of esters is 1. The average Bonchev–Trinajstić information content (AvgIpc) is 3.13. The minimum Gasteiger partial charge on any atom is -0.466 e. The first kappa shape index (κ1) is 24.5. The molecule has 0 radical (unpaired) electrons. The predicted octanol–water partition coefficient (Wildman–Crippen LogP) is 7.43. The van der Waals surface area contributed by atoms with E-state index < -0.39 is 17.7 Å². The fourth-order valence-electron chi connectivity index (χ4n) is 3.52. The second-order valence-corrected chi connectivity index (χ2v) is 8.95. The second-order valence-electron chi connectivity index (χ2n) is 7.87. The van der Waals surface area contributed by atoms with Crippen molar-refractivity contribution in [3.63, 3.8) is 0 Å². The zero-order valence-electron chi connectivity index (χ0n) is 18.6. The Kier molecular flexibility index (Phi) is 7.22. The zero-order valence-corrected chi connectivity index (χ0v) is 19.4. The molecule has 0 spiro atoms. The lowest BCUT2D eigenvalue weighted by Gasteiger charge is -2.08. The third-order valence-corrected chi connectivity index (χ3v) is 6.34. The van der Waals surface area contributed by atoms with Gasteiger partial charge in [-0.3, -0.25) is 4.79 Å². The Morgan fingerprint density at radius 2 is 1.76 bits per heavy atom. The Hall–Kier alpha value is -3.19. The van der Waals surface area contributed by atoms with Gasteiger partial charge in [-0.05, 0) is 71.3 Å². The van der Waals surface area contributed by atoms with Crippen molar-refractivity contribution in [1.29, 1.82) is 0 Å². The van der Waals surface area contributed by atoms with Crippen LogP contribution in [0.15, 0.2) is 48.6 Å². The number of carbonyl (C=O) groups excluding carboxylic acids is 2. The molecule has 0 saturated carbocycles. The summed E-state index contributed by atoms with van der Waals surface area (Å²) in [5, 5.41) is 0.771. The van der Waals surface area contributed by atoms with Crippen LogP contribution in [0.3, 0.4) is 0 Å². The number of ketones is 1. The van der Waals surface area contributed by atoms with Crippen molar-refractivity contribution in [2.24, 2.45) is 0 Å². The summed E-state index contributed by atoms with van der Waals surface area (Å²) in [6, 6.07) is 8.90. The maximum atomic E-state index is 13.1. The number of allylic oxidation sites excluding steroid dienone is 1. The monoisotopic (exact) mass is 472 g/mol. The van der Waals surface area contributed by atoms with Gasteiger partial charge in [0, 0.05) is 21.2 Å². The van der Waals surface area contributed by atoms with Gasteiger partial charge in [-0.15, -0.1) is 11.3 Å². The molecule has 1 heterocycles. The molecular weight excluding hydrogens is 449 g/mol. The van der Waals surface area contributed by atoms with Crippen molar-refractivity contribution in [3.8, 4) is 0 Å². The number of ether oxygens (including phenoxy) is 1. The Bertz CT molecular complexity index is 1260. The molecule has 3 nitrogen and oxygen atoms in total. The Labute approximate surface area is 194 Å². The summed E-state index contributed by atoms with van der Waals surface area (Å²) in [7, 11) is 1.30. The summed E-state index contributed by atoms with van der Waals surface area (Å²) >= 11 is 1.24. The van der Waals surface area contributed by atoms with Crippen LogP contribution in [0.1, 0.15) is 57.3 Å². The minimum absolute atomic E-state index is 0.0772. The van der Waals surface area contributed by atoms with E-state index in [0.29, 0.717) is 10.3 Å². The van der Waals surface area contributed by atoms with Crippen molar-refractivity contribution in [2.45, 2.75) is 32.9 Å². The number of rotatable bonds is 6. The lowest BCUT2D eigenvalue weighted by atomic mass is 9.98. The maximum Gasteiger partial charge on any atom is 0.416 e. The number of aryl methyl sites for hydroxylation is 1. The molecule has 172 valence electrons. The second kappa shape index (κ2) is 9.75. The quantitative estimate of drug-likeness (QED) is 0.213. The molecule has 0 aliphatic rings. The van der Waals surface area contributed by atoms with Crippen LogP contribution in [0.4, 0.5) is 13.2 Å². The van der Waals surface area contributed by atoms with E-state index in [1.807, 2.05) is 20.8 Å². The highest BCUT2D eigenvalue weighted by molar-refractivity contribution is 7.20. The minimum atomic E-state index is -4.40. The summed E-state index contributed by atoms with van der Waals surface area (Å²) in [4.78, 5) is 24.8. The average molecular weight is 473 g/mol. The molecule has 3 aromatic rings. The molecule has 0 aliphatic heterocycles. The van der Waals surface area contributed by atoms with Crippen LogP contribution in [0, 0.1) is 6.92 Å². The SMILES string of the molecule is COC(=O)C=Cc1ccc(C(=O)C=Cc2sc3cc(C(F)(F)F)ccc3c2C(C)C)cc1C. The van der Waals surface area contributed by atoms with Crippen molar-refractivity contribution < 1.29 is 27.5 Å². The van der Waals surface area contributed by atoms with Crippen LogP contribution in [0.5, 0.6) is 0 Å². The number of alkyl halides is 3. The number of methoxy groups -OCH3 is 1. The zero-order chi connectivity index (χ0) is 24.3. The van der Waals surface area contributed by atoms with E-state index in [0.717, 1.165) is 39.1 Å². The topological polar surface area (TPSA) is 43.4 Å². The smallest absolute Gasteiger partial charge is 0.416 e. The molecule has 3 rings (SSSR count). The fourth-order valence-corrected chi connectivity index (χ4v) is 4.82. The van der Waals surface area contributed by atoms with Crippen molar-refractivity contribution in [2.75, 3.05) is 7.11 Å². The van der Waals surface area contributed by atoms with Crippen LogP contribution < -0.4 is 0 Å². The highest BCUT2D eigenvalue weighted by Gasteiger charge is 2.31. The van der Waals surface area contributed by atoms with Crippen molar-refractivity contribution in [3.05, 3.63) is 81.2 Å². The molecule has 0 atom stereocenters. The Morgan fingerprint density at radius 3 is 2.36 bits per heavy atom. The Morgan fingerprint density at radius 1 is 1.03 bits per heavy atom. The van der Waals surface area contributed by atoms with E-state index >= 15 is 0 Å². The highest BCUT2D eigenvalue weighted by Crippen LogP contribution is 2.40. The Balaban J connectivity index is 1.91. The third kappa shape index (κ3) is 5.60. The van der Waals surface area contributed by atoms with E-state index in [1.54, 1.807) is 30.4 Å². The summed E-state index contributed by atoms with van der Waals surface area (Å²) in [5.41, 5.74) is 2.32. The molecule has 1 aromatic heterocycles. The summed E-state index contributed by atoms with van der Waals surface area (Å²) in [5.74, 6) is -0.609. The molecule has 7 heteroatoms. The van der Waals surface area contributed by atoms with E-state index in [4.69, 9.17) is 0 Å². The molecule has 0 N–H and O–H groups in total. The van der Waals surface area contributed by atoms with Crippen LogP contribution >= 0.6 is 11.3 Å². The first-order valence-electron chi connectivity index (χ1n) is 10.2. The number of thiophene rings is 1. The number of hydrogen-bond acceptors (Lipinski definition) is 4. The molecule has 33 heavy (non-hydrogen) atoms. The van der Waals surface area contributed by atoms with Crippen LogP contribution in [0.25, 0.3) is 22.2 Å². The van der Waals surface area contributed by atoms with Gasteiger partial charge in [-0.2, -0.15) is 13.2 Å². The van der Waals surface area contributed by atoms with Gasteiger partial charge in [0.05, 0.1) is 12.7 Å². The first-order valence-corrected chi connectivity index (χ1v) is 11.1. The van der Waals surface area contributed by atoms with Crippen LogP contribution in [-0.4, -0.2) is 18.9 Å². The predicted molar refractivity (Wildman–Crippen MR) is 127 cm³/mol. The van der Waals surface area contributed by atoms with E-state index in [-0.39, 0.29) is 11.7 Å². The molecule has 0 aliphatic carbocycles. The van der Waals surface area contributed by atoms with Crippen LogP contribution in [-0.2, 0) is 15.7 Å². The van der Waals surface area contributed by atoms with Gasteiger partial charge >= 0.3 is 12.1 Å². The lowest BCUT2D eigenvalue weighted by molar-refractivity contribution is -0.137. The number of halogens is 3. The van der Waals surface area contributed by atoms with Gasteiger partial charge in [0.2, 0.25) is 0 Å². The fraction of sp³-hybridized carbons (Fsp3) is 0.231. The van der Waals surface area contributed by atoms with Crippen molar-refractivity contribution in [1.82, 2.24) is 0 Å². The van der Waals surface area contributed by atoms with E-state index in [1.165, 1.54) is 36.7 Å². The van der Waals surface area contributed by atoms with E-state index in [9.17, 15) is 22.8 Å². The van der Waals surface area contributed by atoms with E-state index in [2.05, 4.69) is 4.74 Å². The molecular formula is C26H23F3O3S. The van der Waals surface area contributed by atoms with Crippen molar-refractivity contribution >= 4 is 45.3 Å². The molecule has 0 amide bonds. The van der Waals surface area contributed by atoms with Gasteiger partial charge in [0.1, 0.15) is 0 Å². The molecule has 0 bridgehead atoms. The number of carbonyl (C=O) groups is 2. The number of hydrogen-bond donors (Lipinski definition) is 0. The normalized spacial score (nSPS) is 12.4. The summed E-state index contributed by atoms with van der Waals surface area (Å²) < 4.78 is 44.4. The number of fused-ring (bicyclic) bond motifs is 1. The van der Waals surface area contributed by atoms with Gasteiger partial charge in [-0.25, -0.2) is 4.79 Å². The molecule has 2 aromatic carbocycles. The van der Waals surface area contributed by atoms with Gasteiger partial charge in [0.25, 0.3) is 0 Å². The van der Waals surface area contributed by atoms with Gasteiger partial charge in [0.15, 0.2) is 5.78 Å². The molecule has 0 unspecified atom stereocenters. The molecule has 0 saturated heterocycles. The standard InChI is InChI=1S/C26H23F3O3S/c1-15(2)25-20-9-8-19(26(27,28)29)14-23(20)33-22(25)11-10-21(30)18-6-5-17(16(3)13-18)7-12-24(31)32-4/h5-15H,1-4H3. The number of benzene rings is 2. The van der Waals surface area contributed by atoms with Crippen LogP contribution in [0.2, 0.25) is 0 Å². The van der Waals surface area contributed by atoms with Gasteiger partial charge in [-0.1, -0.05) is 32.0 Å². The first-order chi connectivity index (χ1) is 15.5. The molecule has 0 fully saturated rings. The summed E-state index contributed by atoms with van der Waals surface area (Å²) in [6.07, 6.45) is 1.64.